The van der Waals surface area contributed by atoms with Gasteiger partial charge in [0.1, 0.15) is 22.7 Å². The van der Waals surface area contributed by atoms with Crippen molar-refractivity contribution >= 4 is 35.1 Å². The van der Waals surface area contributed by atoms with E-state index in [0.717, 1.165) is 35.3 Å². The molecule has 0 bridgehead atoms. The highest BCUT2D eigenvalue weighted by Crippen LogP contribution is 2.54. The lowest BCUT2D eigenvalue weighted by Crippen LogP contribution is -2.60. The number of ether oxygens (including phenoxy) is 1. The zero-order valence-electron chi connectivity index (χ0n) is 25.3. The van der Waals surface area contributed by atoms with Gasteiger partial charge in [-0.05, 0) is 79.3 Å². The highest BCUT2D eigenvalue weighted by Gasteiger charge is 2.60. The summed E-state index contributed by atoms with van der Waals surface area (Å²) in [4.78, 5) is 24.1. The molecule has 2 unspecified atom stereocenters. The number of urea groups is 1. The van der Waals surface area contributed by atoms with Crippen molar-refractivity contribution in [2.45, 2.75) is 58.0 Å². The quantitative estimate of drug-likeness (QED) is 0.325. The maximum absolute atomic E-state index is 14.8. The number of nitrogens with one attached hydrogen (secondary N) is 1. The number of halogens is 2. The molecule has 2 atom stereocenters. The molecule has 0 aromatic heterocycles. The molecule has 2 amide bonds. The maximum atomic E-state index is 14.8. The summed E-state index contributed by atoms with van der Waals surface area (Å²) in [5.41, 5.74) is 1.93. The predicted molar refractivity (Wildman–Crippen MR) is 172 cm³/mol. The minimum Gasteiger partial charge on any atom is -0.493 e. The SMILES string of the molecule is CCOc1cc(C(C)(C)C)ccc1C1=NC(C)(c2ccc(Cl)cc2)C(C)(c2ccc(Cl)cc2)N1C(=O)N1CCNCC1. The number of aliphatic imine (C=N–C) groups is 1. The van der Waals surface area contributed by atoms with Crippen molar-refractivity contribution in [3.8, 4) is 5.75 Å². The van der Waals surface area contributed by atoms with Gasteiger partial charge in [-0.2, -0.15) is 0 Å². The number of amidine groups is 1. The van der Waals surface area contributed by atoms with Crippen LogP contribution in [-0.2, 0) is 16.5 Å². The summed E-state index contributed by atoms with van der Waals surface area (Å²) in [6.07, 6.45) is 0. The van der Waals surface area contributed by atoms with Gasteiger partial charge in [-0.1, -0.05) is 74.3 Å². The van der Waals surface area contributed by atoms with Crippen LogP contribution in [0.5, 0.6) is 5.75 Å². The fourth-order valence-electron chi connectivity index (χ4n) is 6.01. The average Bonchev–Trinajstić information content (AvgIpc) is 3.21. The van der Waals surface area contributed by atoms with E-state index < -0.39 is 11.1 Å². The lowest BCUT2D eigenvalue weighted by Gasteiger charge is -2.47. The van der Waals surface area contributed by atoms with E-state index in [1.807, 2.05) is 65.3 Å². The first-order valence-electron chi connectivity index (χ1n) is 14.6. The molecule has 1 N–H and O–H groups in total. The average molecular weight is 608 g/mol. The van der Waals surface area contributed by atoms with Crippen molar-refractivity contribution in [3.63, 3.8) is 0 Å². The molecule has 2 heterocycles. The molecule has 1 saturated heterocycles. The van der Waals surface area contributed by atoms with Crippen molar-refractivity contribution in [2.75, 3.05) is 32.8 Å². The van der Waals surface area contributed by atoms with Gasteiger partial charge in [0.2, 0.25) is 0 Å². The van der Waals surface area contributed by atoms with Crippen LogP contribution in [0.15, 0.2) is 71.7 Å². The first-order valence-corrected chi connectivity index (χ1v) is 15.3. The van der Waals surface area contributed by atoms with Gasteiger partial charge in [-0.3, -0.25) is 9.89 Å². The Morgan fingerprint density at radius 3 is 2.05 bits per heavy atom. The lowest BCUT2D eigenvalue weighted by molar-refractivity contribution is 0.104. The fraction of sp³-hybridized carbons (Fsp3) is 0.412. The Kier molecular flexibility index (Phi) is 8.36. The van der Waals surface area contributed by atoms with Crippen molar-refractivity contribution < 1.29 is 9.53 Å². The molecule has 3 aromatic rings. The summed E-state index contributed by atoms with van der Waals surface area (Å²) in [5.74, 6) is 1.29. The third kappa shape index (κ3) is 5.29. The number of amides is 2. The molecule has 0 radical (unpaired) electrons. The number of nitrogens with zero attached hydrogens (tertiary/aromatic N) is 3. The summed E-state index contributed by atoms with van der Waals surface area (Å²) >= 11 is 12.7. The predicted octanol–water partition coefficient (Wildman–Crippen LogP) is 7.61. The van der Waals surface area contributed by atoms with Crippen LogP contribution >= 0.6 is 23.2 Å². The Morgan fingerprint density at radius 1 is 0.929 bits per heavy atom. The van der Waals surface area contributed by atoms with E-state index in [1.54, 1.807) is 0 Å². The second-order valence-corrected chi connectivity index (χ2v) is 13.2. The molecule has 0 spiro atoms. The summed E-state index contributed by atoms with van der Waals surface area (Å²) in [6.45, 7) is 15.9. The van der Waals surface area contributed by atoms with E-state index in [0.29, 0.717) is 41.3 Å². The Balaban J connectivity index is 1.80. The Bertz CT molecular complexity index is 1480. The minimum atomic E-state index is -0.922. The molecule has 5 rings (SSSR count). The van der Waals surface area contributed by atoms with Crippen molar-refractivity contribution in [1.29, 1.82) is 0 Å². The van der Waals surface area contributed by atoms with Crippen molar-refractivity contribution in [3.05, 3.63) is 99.0 Å². The maximum Gasteiger partial charge on any atom is 0.326 e. The Hall–Kier alpha value is -3.06. The zero-order chi connectivity index (χ0) is 30.3. The first-order chi connectivity index (χ1) is 19.9. The number of carbonyl (C=O) groups is 1. The second-order valence-electron chi connectivity index (χ2n) is 12.3. The fourth-order valence-corrected chi connectivity index (χ4v) is 6.27. The topological polar surface area (TPSA) is 57.2 Å². The monoisotopic (exact) mass is 606 g/mol. The number of carbonyl (C=O) groups excluding carboxylic acids is 1. The second kappa shape index (κ2) is 11.6. The van der Waals surface area contributed by atoms with Gasteiger partial charge >= 0.3 is 6.03 Å². The number of benzene rings is 3. The molecule has 0 aliphatic carbocycles. The largest absolute Gasteiger partial charge is 0.493 e. The van der Waals surface area contributed by atoms with Crippen LogP contribution in [0.3, 0.4) is 0 Å². The number of rotatable bonds is 5. The van der Waals surface area contributed by atoms with E-state index in [-0.39, 0.29) is 11.4 Å². The molecular weight excluding hydrogens is 567 g/mol. The van der Waals surface area contributed by atoms with Gasteiger partial charge in [0, 0.05) is 36.2 Å². The molecular formula is C34H40Cl2N4O2. The van der Waals surface area contributed by atoms with Crippen molar-refractivity contribution in [1.82, 2.24) is 15.1 Å². The van der Waals surface area contributed by atoms with E-state index >= 15 is 0 Å². The molecule has 6 nitrogen and oxygen atoms in total. The van der Waals surface area contributed by atoms with E-state index in [2.05, 4.69) is 58.1 Å². The van der Waals surface area contributed by atoms with Crippen LogP contribution in [0.1, 0.15) is 63.8 Å². The molecule has 222 valence electrons. The smallest absolute Gasteiger partial charge is 0.326 e. The van der Waals surface area contributed by atoms with Crippen LogP contribution in [0.25, 0.3) is 0 Å². The third-order valence-corrected chi connectivity index (χ3v) is 9.22. The standard InChI is InChI=1S/C34H40Cl2N4O2/c1-7-42-29-22-25(32(2,3)4)12-17-28(29)30-38-33(5,23-8-13-26(35)14-9-23)34(6,24-10-15-27(36)16-11-24)40(30)31(41)39-20-18-37-19-21-39/h8-17,22,37H,7,18-21H2,1-6H3. The molecule has 1 fully saturated rings. The van der Waals surface area contributed by atoms with Gasteiger partial charge < -0.3 is 15.0 Å². The van der Waals surface area contributed by atoms with Gasteiger partial charge in [0.15, 0.2) is 0 Å². The lowest BCUT2D eigenvalue weighted by atomic mass is 9.71. The summed E-state index contributed by atoms with van der Waals surface area (Å²) in [6, 6.07) is 21.7. The summed E-state index contributed by atoms with van der Waals surface area (Å²) < 4.78 is 6.26. The van der Waals surface area contributed by atoms with E-state index in [4.69, 9.17) is 32.9 Å². The summed E-state index contributed by atoms with van der Waals surface area (Å²) in [5, 5.41) is 4.64. The van der Waals surface area contributed by atoms with Crippen LogP contribution in [-0.4, -0.2) is 54.5 Å². The van der Waals surface area contributed by atoms with Crippen LogP contribution in [0.2, 0.25) is 10.0 Å². The van der Waals surface area contributed by atoms with Gasteiger partial charge in [0.25, 0.3) is 0 Å². The minimum absolute atomic E-state index is 0.0756. The van der Waals surface area contributed by atoms with E-state index in [1.165, 1.54) is 0 Å². The Morgan fingerprint density at radius 2 is 1.50 bits per heavy atom. The highest BCUT2D eigenvalue weighted by atomic mass is 35.5. The Labute approximate surface area is 259 Å². The van der Waals surface area contributed by atoms with Gasteiger partial charge in [-0.15, -0.1) is 0 Å². The first kappa shape index (κ1) is 30.4. The normalized spacial score (nSPS) is 22.7. The van der Waals surface area contributed by atoms with Gasteiger partial charge in [-0.25, -0.2) is 4.79 Å². The highest BCUT2D eigenvalue weighted by molar-refractivity contribution is 6.30. The number of piperazine rings is 1. The molecule has 2 aliphatic heterocycles. The third-order valence-electron chi connectivity index (χ3n) is 8.72. The van der Waals surface area contributed by atoms with Crippen LogP contribution < -0.4 is 10.1 Å². The van der Waals surface area contributed by atoms with Gasteiger partial charge in [0.05, 0.1) is 12.2 Å². The molecule has 0 saturated carbocycles. The number of hydrogen-bond donors (Lipinski definition) is 1. The molecule has 2 aliphatic rings. The van der Waals surface area contributed by atoms with Crippen LogP contribution in [0, 0.1) is 0 Å². The molecule has 42 heavy (non-hydrogen) atoms. The molecule has 3 aromatic carbocycles. The summed E-state index contributed by atoms with van der Waals surface area (Å²) in [7, 11) is 0. The number of hydrogen-bond acceptors (Lipinski definition) is 4. The van der Waals surface area contributed by atoms with Crippen molar-refractivity contribution in [2.24, 2.45) is 4.99 Å². The van der Waals surface area contributed by atoms with Crippen LogP contribution in [0.4, 0.5) is 4.79 Å². The van der Waals surface area contributed by atoms with E-state index in [9.17, 15) is 4.79 Å². The zero-order valence-corrected chi connectivity index (χ0v) is 26.8. The molecule has 8 heteroatoms.